The van der Waals surface area contributed by atoms with E-state index in [0.29, 0.717) is 6.26 Å². The van der Waals surface area contributed by atoms with E-state index in [0.717, 1.165) is 0 Å². The quantitative estimate of drug-likeness (QED) is 0.294. The zero-order valence-corrected chi connectivity index (χ0v) is 4.51. The Kier molecular flexibility index (Phi) is 3.54. The molecule has 3 heteroatoms. The average molecular weight is 114 g/mol. The van der Waals surface area contributed by atoms with Crippen molar-refractivity contribution in [2.45, 2.75) is 13.3 Å². The molecule has 0 unspecified atom stereocenters. The molecule has 44 valence electrons. The maximum absolute atomic E-state index is 10.1. The lowest BCUT2D eigenvalue weighted by Crippen LogP contribution is -1.94. The Morgan fingerprint density at radius 2 is 2.50 bits per heavy atom. The largest absolute Gasteiger partial charge is 0.422 e. The van der Waals surface area contributed by atoms with Gasteiger partial charge in [-0.25, -0.2) is 4.79 Å². The summed E-state index contributed by atoms with van der Waals surface area (Å²) in [7, 11) is 0. The minimum atomic E-state index is -0.423. The standard InChI is InChI=1S/C5H6O3/c1-2-5(7)8-4-3-6/h4H,2H2,1H3. The molecule has 0 saturated carbocycles. The molecule has 0 atom stereocenters. The first-order valence-electron chi connectivity index (χ1n) is 2.20. The summed E-state index contributed by atoms with van der Waals surface area (Å²) in [5.41, 5.74) is 0. The highest BCUT2D eigenvalue weighted by Gasteiger charge is 1.91. The van der Waals surface area contributed by atoms with Gasteiger partial charge in [0.2, 0.25) is 0 Å². The first kappa shape index (κ1) is 6.92. The number of carbonyl (C=O) groups excluding carboxylic acids is 2. The highest BCUT2D eigenvalue weighted by atomic mass is 16.5. The first-order chi connectivity index (χ1) is 3.81. The Morgan fingerprint density at radius 1 is 1.88 bits per heavy atom. The van der Waals surface area contributed by atoms with E-state index in [-0.39, 0.29) is 6.42 Å². The number of hydrogen-bond acceptors (Lipinski definition) is 3. The summed E-state index contributed by atoms with van der Waals surface area (Å²) in [6.45, 7) is 1.64. The van der Waals surface area contributed by atoms with Gasteiger partial charge in [-0.1, -0.05) is 6.92 Å². The number of esters is 1. The van der Waals surface area contributed by atoms with Crippen LogP contribution in [0.25, 0.3) is 0 Å². The van der Waals surface area contributed by atoms with Crippen LogP contribution in [-0.2, 0) is 14.3 Å². The summed E-state index contributed by atoms with van der Waals surface area (Å²) in [5.74, 6) is 0.892. The van der Waals surface area contributed by atoms with E-state index in [1.165, 1.54) is 5.94 Å². The van der Waals surface area contributed by atoms with Crippen molar-refractivity contribution in [3.05, 3.63) is 6.26 Å². The predicted octanol–water partition coefficient (Wildman–Crippen LogP) is 0.285. The number of hydrogen-bond donors (Lipinski definition) is 0. The molecule has 0 aliphatic heterocycles. The molecule has 0 spiro atoms. The molecule has 0 aromatic rings. The van der Waals surface area contributed by atoms with E-state index in [1.807, 2.05) is 0 Å². The Labute approximate surface area is 46.9 Å². The Hall–Kier alpha value is -1.08. The second kappa shape index (κ2) is 4.09. The van der Waals surface area contributed by atoms with Crippen molar-refractivity contribution < 1.29 is 14.3 Å². The van der Waals surface area contributed by atoms with Crippen LogP contribution in [0.5, 0.6) is 0 Å². The molecule has 0 aliphatic carbocycles. The van der Waals surface area contributed by atoms with Gasteiger partial charge in [0, 0.05) is 6.42 Å². The fraction of sp³-hybridized carbons (Fsp3) is 0.400. The van der Waals surface area contributed by atoms with Gasteiger partial charge in [0.25, 0.3) is 0 Å². The van der Waals surface area contributed by atoms with Crippen LogP contribution >= 0.6 is 0 Å². The molecule has 3 nitrogen and oxygen atoms in total. The summed E-state index contributed by atoms with van der Waals surface area (Å²) in [4.78, 5) is 19.5. The van der Waals surface area contributed by atoms with E-state index >= 15 is 0 Å². The minimum absolute atomic E-state index is 0.276. The Balaban J connectivity index is 3.39. The molecule has 0 aliphatic rings. The monoisotopic (exact) mass is 114 g/mol. The molecule has 8 heavy (non-hydrogen) atoms. The fourth-order valence-electron chi connectivity index (χ4n) is 0.173. The van der Waals surface area contributed by atoms with Crippen molar-refractivity contribution in [3.63, 3.8) is 0 Å². The van der Waals surface area contributed by atoms with Gasteiger partial charge in [-0.3, -0.25) is 4.79 Å². The van der Waals surface area contributed by atoms with Gasteiger partial charge in [0.05, 0.1) is 0 Å². The second-order valence-corrected chi connectivity index (χ2v) is 1.08. The third-order valence-corrected chi connectivity index (χ3v) is 0.527. The summed E-state index contributed by atoms with van der Waals surface area (Å²) >= 11 is 0. The van der Waals surface area contributed by atoms with E-state index in [2.05, 4.69) is 4.74 Å². The molecule has 0 rings (SSSR count). The summed E-state index contributed by atoms with van der Waals surface area (Å²) in [5, 5.41) is 0. The molecule has 0 amide bonds. The Morgan fingerprint density at radius 3 is 2.88 bits per heavy atom. The summed E-state index contributed by atoms with van der Waals surface area (Å²) < 4.78 is 4.15. The third kappa shape index (κ3) is 3.12. The van der Waals surface area contributed by atoms with Crippen LogP contribution in [0.1, 0.15) is 13.3 Å². The average Bonchev–Trinajstić information content (AvgIpc) is 1.83. The van der Waals surface area contributed by atoms with Gasteiger partial charge in [-0.05, 0) is 0 Å². The zero-order valence-electron chi connectivity index (χ0n) is 4.51. The fourth-order valence-corrected chi connectivity index (χ4v) is 0.173. The third-order valence-electron chi connectivity index (χ3n) is 0.527. The van der Waals surface area contributed by atoms with E-state index in [4.69, 9.17) is 0 Å². The molecule has 0 aromatic carbocycles. The van der Waals surface area contributed by atoms with Gasteiger partial charge >= 0.3 is 5.97 Å². The lowest BCUT2D eigenvalue weighted by atomic mass is 10.5. The molecular formula is C5H6O3. The lowest BCUT2D eigenvalue weighted by molar-refractivity contribution is -0.137. The van der Waals surface area contributed by atoms with Crippen molar-refractivity contribution in [1.29, 1.82) is 0 Å². The molecular weight excluding hydrogens is 108 g/mol. The lowest BCUT2D eigenvalue weighted by Gasteiger charge is -1.87. The van der Waals surface area contributed by atoms with Crippen molar-refractivity contribution >= 4 is 11.9 Å². The van der Waals surface area contributed by atoms with Crippen molar-refractivity contribution in [2.24, 2.45) is 0 Å². The van der Waals surface area contributed by atoms with Crippen LogP contribution in [-0.4, -0.2) is 11.9 Å². The molecule has 0 radical (unpaired) electrons. The normalized spacial score (nSPS) is 7.12. The summed E-state index contributed by atoms with van der Waals surface area (Å²) in [6.07, 6.45) is 0.976. The first-order valence-corrected chi connectivity index (χ1v) is 2.20. The van der Waals surface area contributed by atoms with Gasteiger partial charge < -0.3 is 4.74 Å². The van der Waals surface area contributed by atoms with Crippen LogP contribution in [0.3, 0.4) is 0 Å². The zero-order chi connectivity index (χ0) is 6.41. The number of carbonyl (C=O) groups is 1. The molecule has 0 fully saturated rings. The molecule has 0 aromatic heterocycles. The molecule has 0 saturated heterocycles. The molecule has 0 N–H and O–H groups in total. The topological polar surface area (TPSA) is 43.4 Å². The van der Waals surface area contributed by atoms with Crippen molar-refractivity contribution in [1.82, 2.24) is 0 Å². The van der Waals surface area contributed by atoms with Crippen LogP contribution in [0.15, 0.2) is 6.26 Å². The van der Waals surface area contributed by atoms with Gasteiger partial charge in [0.15, 0.2) is 12.2 Å². The van der Waals surface area contributed by atoms with E-state index in [9.17, 15) is 9.59 Å². The number of rotatable bonds is 2. The summed E-state index contributed by atoms with van der Waals surface area (Å²) in [6, 6.07) is 0. The maximum Gasteiger partial charge on any atom is 0.311 e. The number of ether oxygens (including phenoxy) is 1. The SMILES string of the molecule is CCC(=O)OC=C=O. The predicted molar refractivity (Wildman–Crippen MR) is 26.6 cm³/mol. The van der Waals surface area contributed by atoms with Gasteiger partial charge in [0.1, 0.15) is 0 Å². The molecule has 0 bridgehead atoms. The van der Waals surface area contributed by atoms with Crippen LogP contribution < -0.4 is 0 Å². The molecule has 0 heterocycles. The minimum Gasteiger partial charge on any atom is -0.422 e. The van der Waals surface area contributed by atoms with Crippen LogP contribution in [0, 0.1) is 0 Å². The van der Waals surface area contributed by atoms with Crippen molar-refractivity contribution in [3.8, 4) is 0 Å². The smallest absolute Gasteiger partial charge is 0.311 e. The van der Waals surface area contributed by atoms with E-state index in [1.54, 1.807) is 6.92 Å². The van der Waals surface area contributed by atoms with Gasteiger partial charge in [-0.15, -0.1) is 0 Å². The highest BCUT2D eigenvalue weighted by Crippen LogP contribution is 1.81. The second-order valence-electron chi connectivity index (χ2n) is 1.08. The highest BCUT2D eigenvalue weighted by molar-refractivity contribution is 5.70. The van der Waals surface area contributed by atoms with Gasteiger partial charge in [-0.2, -0.15) is 0 Å². The van der Waals surface area contributed by atoms with Crippen LogP contribution in [0.2, 0.25) is 0 Å². The van der Waals surface area contributed by atoms with Crippen molar-refractivity contribution in [2.75, 3.05) is 0 Å². The van der Waals surface area contributed by atoms with E-state index < -0.39 is 5.97 Å². The Bertz CT molecular complexity index is 122. The maximum atomic E-state index is 10.1. The van der Waals surface area contributed by atoms with Crippen LogP contribution in [0.4, 0.5) is 0 Å².